The summed E-state index contributed by atoms with van der Waals surface area (Å²) in [5, 5.41) is 0. The van der Waals surface area contributed by atoms with Crippen LogP contribution in [0.4, 0.5) is 11.8 Å². The number of hydrogen-bond acceptors (Lipinski definition) is 5. The van der Waals surface area contributed by atoms with Crippen LogP contribution in [0.1, 0.15) is 24.5 Å². The van der Waals surface area contributed by atoms with Crippen molar-refractivity contribution in [3.05, 3.63) is 40.8 Å². The molecule has 1 atom stereocenters. The summed E-state index contributed by atoms with van der Waals surface area (Å²) in [7, 11) is 0. The number of anilines is 2. The average Bonchev–Trinajstić information content (AvgIpc) is 2.47. The molecular weight excluding hydrogens is 318 g/mol. The molecule has 0 aromatic carbocycles. The zero-order chi connectivity index (χ0) is 13.9. The summed E-state index contributed by atoms with van der Waals surface area (Å²) in [5.41, 5.74) is 6.70. The van der Waals surface area contributed by atoms with Crippen molar-refractivity contribution in [1.82, 2.24) is 15.0 Å². The molecule has 104 valence electrons. The van der Waals surface area contributed by atoms with Crippen molar-refractivity contribution in [2.75, 3.05) is 23.7 Å². The van der Waals surface area contributed by atoms with Gasteiger partial charge in [-0.15, -0.1) is 0 Å². The quantitative estimate of drug-likeness (QED) is 0.914. The number of aromatic nitrogens is 3. The molecular formula is C14H16BrN5. The van der Waals surface area contributed by atoms with Crippen LogP contribution in [0.15, 0.2) is 35.1 Å². The Bertz CT molecular complexity index is 552. The fourth-order valence-electron chi connectivity index (χ4n) is 2.61. The van der Waals surface area contributed by atoms with Crippen LogP contribution in [0.2, 0.25) is 0 Å². The highest BCUT2D eigenvalue weighted by Crippen LogP contribution is 2.29. The molecule has 1 aliphatic heterocycles. The van der Waals surface area contributed by atoms with Crippen LogP contribution in [0.25, 0.3) is 0 Å². The fourth-order valence-corrected chi connectivity index (χ4v) is 2.93. The van der Waals surface area contributed by atoms with Gasteiger partial charge in [0.1, 0.15) is 5.82 Å². The van der Waals surface area contributed by atoms with E-state index < -0.39 is 0 Å². The van der Waals surface area contributed by atoms with Gasteiger partial charge in [-0.1, -0.05) is 15.9 Å². The first kappa shape index (κ1) is 13.3. The average molecular weight is 334 g/mol. The van der Waals surface area contributed by atoms with Crippen LogP contribution in [0, 0.1) is 0 Å². The van der Waals surface area contributed by atoms with Gasteiger partial charge in [0.15, 0.2) is 0 Å². The highest BCUT2D eigenvalue weighted by Gasteiger charge is 2.23. The molecule has 2 aromatic heterocycles. The van der Waals surface area contributed by atoms with Gasteiger partial charge in [-0.25, -0.2) is 15.0 Å². The van der Waals surface area contributed by atoms with Gasteiger partial charge in [-0.05, 0) is 31.0 Å². The normalized spacial score (nSPS) is 19.1. The molecule has 1 aliphatic rings. The Balaban J connectivity index is 1.80. The summed E-state index contributed by atoms with van der Waals surface area (Å²) in [4.78, 5) is 15.1. The van der Waals surface area contributed by atoms with E-state index in [9.17, 15) is 0 Å². The number of halogens is 1. The lowest BCUT2D eigenvalue weighted by Gasteiger charge is -2.33. The molecule has 1 fully saturated rings. The Labute approximate surface area is 126 Å². The predicted molar refractivity (Wildman–Crippen MR) is 82.6 cm³/mol. The van der Waals surface area contributed by atoms with Gasteiger partial charge in [0.05, 0.1) is 5.69 Å². The van der Waals surface area contributed by atoms with Crippen molar-refractivity contribution >= 4 is 27.7 Å². The van der Waals surface area contributed by atoms with Crippen molar-refractivity contribution < 1.29 is 0 Å². The van der Waals surface area contributed by atoms with E-state index in [0.29, 0.717) is 11.9 Å². The van der Waals surface area contributed by atoms with E-state index in [1.807, 2.05) is 18.3 Å². The zero-order valence-electron chi connectivity index (χ0n) is 11.0. The van der Waals surface area contributed by atoms with E-state index in [1.165, 1.54) is 0 Å². The van der Waals surface area contributed by atoms with Crippen LogP contribution in [0.3, 0.4) is 0 Å². The van der Waals surface area contributed by atoms with E-state index >= 15 is 0 Å². The maximum Gasteiger partial charge on any atom is 0.220 e. The van der Waals surface area contributed by atoms with Crippen LogP contribution in [0.5, 0.6) is 0 Å². The lowest BCUT2D eigenvalue weighted by molar-refractivity contribution is 0.498. The van der Waals surface area contributed by atoms with Gasteiger partial charge in [-0.3, -0.25) is 0 Å². The van der Waals surface area contributed by atoms with Gasteiger partial charge in [0.25, 0.3) is 0 Å². The second-order valence-corrected chi connectivity index (χ2v) is 5.87. The van der Waals surface area contributed by atoms with E-state index in [0.717, 1.165) is 41.9 Å². The molecule has 1 unspecified atom stereocenters. The van der Waals surface area contributed by atoms with Gasteiger partial charge < -0.3 is 10.6 Å². The number of piperidine rings is 1. The molecule has 3 heterocycles. The third kappa shape index (κ3) is 2.90. The molecule has 0 amide bonds. The number of pyridine rings is 1. The molecule has 0 radical (unpaired) electrons. The van der Waals surface area contributed by atoms with E-state index in [-0.39, 0.29) is 0 Å². The van der Waals surface area contributed by atoms with Crippen LogP contribution >= 0.6 is 15.9 Å². The molecule has 2 aromatic rings. The van der Waals surface area contributed by atoms with Crippen molar-refractivity contribution in [3.8, 4) is 0 Å². The molecule has 0 saturated carbocycles. The van der Waals surface area contributed by atoms with Crippen molar-refractivity contribution in [2.45, 2.75) is 18.8 Å². The first-order valence-electron chi connectivity index (χ1n) is 6.67. The lowest BCUT2D eigenvalue weighted by Crippen LogP contribution is -2.35. The highest BCUT2D eigenvalue weighted by molar-refractivity contribution is 9.10. The Hall–Kier alpha value is -1.69. The molecule has 0 aliphatic carbocycles. The van der Waals surface area contributed by atoms with Crippen LogP contribution < -0.4 is 10.6 Å². The van der Waals surface area contributed by atoms with E-state index in [1.54, 1.807) is 6.20 Å². The van der Waals surface area contributed by atoms with Crippen LogP contribution in [-0.4, -0.2) is 28.0 Å². The van der Waals surface area contributed by atoms with Crippen molar-refractivity contribution in [1.29, 1.82) is 0 Å². The number of nitrogen functional groups attached to an aromatic ring is 1. The third-order valence-corrected chi connectivity index (χ3v) is 4.06. The minimum Gasteiger partial charge on any atom is -0.368 e. The minimum atomic E-state index is 0.347. The standard InChI is InChI=1S/C14H16BrN5/c15-11-3-5-17-13(8-11)20-7-1-2-10(9-20)12-4-6-18-14(16)19-12/h3-6,8,10H,1-2,7,9H2,(H2,16,18,19). The second-order valence-electron chi connectivity index (χ2n) is 4.96. The molecule has 1 saturated heterocycles. The van der Waals surface area contributed by atoms with Crippen LogP contribution in [-0.2, 0) is 0 Å². The van der Waals surface area contributed by atoms with E-state index in [2.05, 4.69) is 41.8 Å². The number of nitrogens with zero attached hydrogens (tertiary/aromatic N) is 4. The topological polar surface area (TPSA) is 67.9 Å². The summed E-state index contributed by atoms with van der Waals surface area (Å²) in [6.07, 6.45) is 5.81. The van der Waals surface area contributed by atoms with Gasteiger partial charge in [0.2, 0.25) is 5.95 Å². The summed E-state index contributed by atoms with van der Waals surface area (Å²) in [5.74, 6) is 1.74. The van der Waals surface area contributed by atoms with Gasteiger partial charge in [-0.2, -0.15) is 0 Å². The fraction of sp³-hybridized carbons (Fsp3) is 0.357. The largest absolute Gasteiger partial charge is 0.368 e. The SMILES string of the molecule is Nc1nccc(C2CCCN(c3cc(Br)ccn3)C2)n1. The molecule has 0 spiro atoms. The van der Waals surface area contributed by atoms with Crippen molar-refractivity contribution in [3.63, 3.8) is 0 Å². The predicted octanol–water partition coefficient (Wildman–Crippen LogP) is 2.60. The maximum absolute atomic E-state index is 5.68. The molecule has 20 heavy (non-hydrogen) atoms. The maximum atomic E-state index is 5.68. The summed E-state index contributed by atoms with van der Waals surface area (Å²) >= 11 is 3.49. The summed E-state index contributed by atoms with van der Waals surface area (Å²) < 4.78 is 1.05. The molecule has 5 nitrogen and oxygen atoms in total. The summed E-state index contributed by atoms with van der Waals surface area (Å²) in [6.45, 7) is 1.94. The Kier molecular flexibility index (Phi) is 3.82. The highest BCUT2D eigenvalue weighted by atomic mass is 79.9. The molecule has 0 bridgehead atoms. The Morgan fingerprint density at radius 3 is 2.90 bits per heavy atom. The number of hydrogen-bond donors (Lipinski definition) is 1. The first-order chi connectivity index (χ1) is 9.72. The third-order valence-electron chi connectivity index (χ3n) is 3.57. The lowest BCUT2D eigenvalue weighted by atomic mass is 9.94. The van der Waals surface area contributed by atoms with Gasteiger partial charge in [0, 0.05) is 35.9 Å². The number of nitrogens with two attached hydrogens (primary N) is 1. The molecule has 3 rings (SSSR count). The first-order valence-corrected chi connectivity index (χ1v) is 7.46. The molecule has 2 N–H and O–H groups in total. The monoisotopic (exact) mass is 333 g/mol. The summed E-state index contributed by atoms with van der Waals surface area (Å²) in [6, 6.07) is 5.95. The minimum absolute atomic E-state index is 0.347. The second kappa shape index (κ2) is 5.75. The van der Waals surface area contributed by atoms with Gasteiger partial charge >= 0.3 is 0 Å². The van der Waals surface area contributed by atoms with Crippen molar-refractivity contribution in [2.24, 2.45) is 0 Å². The number of rotatable bonds is 2. The molecule has 6 heteroatoms. The van der Waals surface area contributed by atoms with E-state index in [4.69, 9.17) is 5.73 Å². The smallest absolute Gasteiger partial charge is 0.220 e. The Morgan fingerprint density at radius 1 is 1.25 bits per heavy atom. The Morgan fingerprint density at radius 2 is 2.10 bits per heavy atom. The zero-order valence-corrected chi connectivity index (χ0v) is 12.6.